The highest BCUT2D eigenvalue weighted by Gasteiger charge is 1.98. The standard InChI is InChI=1S/C12H11N2/c13-12-4-2-1-3-11(12)9-10-5-7-14-8-6-10/h1,3-8H,9,13H2. The first-order chi connectivity index (χ1) is 6.86. The van der Waals surface area contributed by atoms with Crippen molar-refractivity contribution in [1.29, 1.82) is 0 Å². The third-order valence-electron chi connectivity index (χ3n) is 2.13. The molecule has 0 bridgehead atoms. The zero-order valence-corrected chi connectivity index (χ0v) is 7.77. The van der Waals surface area contributed by atoms with Gasteiger partial charge in [-0.3, -0.25) is 4.98 Å². The highest BCUT2D eigenvalue weighted by Crippen LogP contribution is 2.14. The van der Waals surface area contributed by atoms with Crippen molar-refractivity contribution in [3.05, 3.63) is 59.9 Å². The van der Waals surface area contributed by atoms with E-state index in [1.54, 1.807) is 18.5 Å². The molecule has 0 aliphatic heterocycles. The second-order valence-electron chi connectivity index (χ2n) is 3.16. The maximum Gasteiger partial charge on any atom is 0.0356 e. The number of hydrogen-bond acceptors (Lipinski definition) is 2. The van der Waals surface area contributed by atoms with Crippen LogP contribution in [0.15, 0.2) is 42.7 Å². The van der Waals surface area contributed by atoms with Gasteiger partial charge in [-0.05, 0) is 41.8 Å². The fourth-order valence-electron chi connectivity index (χ4n) is 1.36. The Balaban J connectivity index is 2.24. The van der Waals surface area contributed by atoms with E-state index in [-0.39, 0.29) is 0 Å². The molecule has 69 valence electrons. The Labute approximate surface area is 83.4 Å². The Hall–Kier alpha value is -1.83. The summed E-state index contributed by atoms with van der Waals surface area (Å²) in [6.07, 6.45) is 4.43. The Bertz CT molecular complexity index is 410. The van der Waals surface area contributed by atoms with Gasteiger partial charge in [0.05, 0.1) is 0 Å². The number of nitrogens with zero attached hydrogens (tertiary/aromatic N) is 1. The molecular weight excluding hydrogens is 172 g/mol. The molecule has 14 heavy (non-hydrogen) atoms. The van der Waals surface area contributed by atoms with Gasteiger partial charge in [0.15, 0.2) is 0 Å². The van der Waals surface area contributed by atoms with Crippen LogP contribution in [0.4, 0.5) is 5.69 Å². The molecule has 0 saturated heterocycles. The van der Waals surface area contributed by atoms with Crippen LogP contribution in [-0.2, 0) is 6.42 Å². The van der Waals surface area contributed by atoms with Gasteiger partial charge in [-0.25, -0.2) is 0 Å². The second-order valence-corrected chi connectivity index (χ2v) is 3.16. The summed E-state index contributed by atoms with van der Waals surface area (Å²) in [6.45, 7) is 0. The Kier molecular flexibility index (Phi) is 2.45. The third-order valence-corrected chi connectivity index (χ3v) is 2.13. The fourth-order valence-corrected chi connectivity index (χ4v) is 1.36. The smallest absolute Gasteiger partial charge is 0.0356 e. The van der Waals surface area contributed by atoms with Gasteiger partial charge in [-0.2, -0.15) is 0 Å². The van der Waals surface area contributed by atoms with Gasteiger partial charge in [-0.1, -0.05) is 12.1 Å². The summed E-state index contributed by atoms with van der Waals surface area (Å²) >= 11 is 0. The zero-order valence-electron chi connectivity index (χ0n) is 7.77. The summed E-state index contributed by atoms with van der Waals surface area (Å²) < 4.78 is 0. The molecule has 2 rings (SSSR count). The van der Waals surface area contributed by atoms with Crippen LogP contribution in [-0.4, -0.2) is 4.98 Å². The SMILES string of the molecule is Nc1c[c]ccc1Cc1ccncc1. The topological polar surface area (TPSA) is 38.9 Å². The predicted octanol–water partition coefficient (Wildman–Crippen LogP) is 2.05. The summed E-state index contributed by atoms with van der Waals surface area (Å²) in [5.41, 5.74) is 8.97. The van der Waals surface area contributed by atoms with Gasteiger partial charge >= 0.3 is 0 Å². The lowest BCUT2D eigenvalue weighted by molar-refractivity contribution is 1.17. The lowest BCUT2D eigenvalue weighted by Crippen LogP contribution is -1.95. The van der Waals surface area contributed by atoms with Crippen LogP contribution in [0.25, 0.3) is 0 Å². The van der Waals surface area contributed by atoms with Gasteiger partial charge in [0.2, 0.25) is 0 Å². The average Bonchev–Trinajstić information content (AvgIpc) is 2.23. The number of hydrogen-bond donors (Lipinski definition) is 1. The number of rotatable bonds is 2. The van der Waals surface area contributed by atoms with Crippen LogP contribution < -0.4 is 5.73 Å². The Morgan fingerprint density at radius 3 is 2.71 bits per heavy atom. The molecule has 2 aromatic rings. The second kappa shape index (κ2) is 3.92. The summed E-state index contributed by atoms with van der Waals surface area (Å²) in [5, 5.41) is 0. The lowest BCUT2D eigenvalue weighted by atomic mass is 10.0. The fraction of sp³-hybridized carbons (Fsp3) is 0.0833. The molecule has 0 atom stereocenters. The summed E-state index contributed by atoms with van der Waals surface area (Å²) in [5.74, 6) is 0. The number of nitrogen functional groups attached to an aromatic ring is 1. The van der Waals surface area contributed by atoms with E-state index in [0.29, 0.717) is 0 Å². The predicted molar refractivity (Wildman–Crippen MR) is 56.7 cm³/mol. The quantitative estimate of drug-likeness (QED) is 0.724. The number of pyridine rings is 1. The van der Waals surface area contributed by atoms with Crippen molar-refractivity contribution in [3.8, 4) is 0 Å². The molecule has 1 heterocycles. The third kappa shape index (κ3) is 1.91. The molecule has 0 unspecified atom stereocenters. The van der Waals surface area contributed by atoms with Crippen LogP contribution >= 0.6 is 0 Å². The molecule has 2 N–H and O–H groups in total. The lowest BCUT2D eigenvalue weighted by Gasteiger charge is -2.04. The van der Waals surface area contributed by atoms with Gasteiger partial charge < -0.3 is 5.73 Å². The van der Waals surface area contributed by atoms with E-state index in [4.69, 9.17) is 5.73 Å². The summed E-state index contributed by atoms with van der Waals surface area (Å²) in [6, 6.07) is 12.6. The van der Waals surface area contributed by atoms with E-state index in [2.05, 4.69) is 11.1 Å². The zero-order chi connectivity index (χ0) is 9.80. The van der Waals surface area contributed by atoms with Crippen LogP contribution in [0, 0.1) is 6.07 Å². The monoisotopic (exact) mass is 183 g/mol. The largest absolute Gasteiger partial charge is 0.398 e. The number of anilines is 1. The highest BCUT2D eigenvalue weighted by atomic mass is 14.6. The minimum atomic E-state index is 0.796. The van der Waals surface area contributed by atoms with Gasteiger partial charge in [0.1, 0.15) is 0 Å². The Morgan fingerprint density at radius 1 is 1.21 bits per heavy atom. The van der Waals surface area contributed by atoms with Gasteiger partial charge in [0.25, 0.3) is 0 Å². The number of benzene rings is 1. The number of nitrogens with two attached hydrogens (primary N) is 1. The molecule has 1 aromatic carbocycles. The van der Waals surface area contributed by atoms with E-state index in [1.165, 1.54) is 5.56 Å². The maximum atomic E-state index is 5.82. The molecular formula is C12H11N2. The molecule has 1 aromatic heterocycles. The van der Waals surface area contributed by atoms with Crippen LogP contribution in [0.3, 0.4) is 0 Å². The summed E-state index contributed by atoms with van der Waals surface area (Å²) in [7, 11) is 0. The van der Waals surface area contributed by atoms with Crippen LogP contribution in [0.1, 0.15) is 11.1 Å². The molecule has 0 amide bonds. The molecule has 0 fully saturated rings. The molecule has 0 spiro atoms. The molecule has 0 saturated carbocycles. The van der Waals surface area contributed by atoms with E-state index in [9.17, 15) is 0 Å². The van der Waals surface area contributed by atoms with E-state index in [1.807, 2.05) is 24.3 Å². The maximum absolute atomic E-state index is 5.82. The van der Waals surface area contributed by atoms with Crippen LogP contribution in [0.2, 0.25) is 0 Å². The average molecular weight is 183 g/mol. The minimum Gasteiger partial charge on any atom is -0.398 e. The summed E-state index contributed by atoms with van der Waals surface area (Å²) in [4.78, 5) is 3.97. The van der Waals surface area contributed by atoms with Crippen molar-refractivity contribution in [1.82, 2.24) is 4.98 Å². The first-order valence-corrected chi connectivity index (χ1v) is 4.49. The van der Waals surface area contributed by atoms with Gasteiger partial charge in [-0.15, -0.1) is 0 Å². The van der Waals surface area contributed by atoms with Crippen molar-refractivity contribution >= 4 is 5.69 Å². The Morgan fingerprint density at radius 2 is 2.00 bits per heavy atom. The molecule has 1 radical (unpaired) electrons. The van der Waals surface area contributed by atoms with Crippen molar-refractivity contribution in [2.24, 2.45) is 0 Å². The molecule has 0 aliphatic rings. The first-order valence-electron chi connectivity index (χ1n) is 4.49. The highest BCUT2D eigenvalue weighted by molar-refractivity contribution is 5.47. The van der Waals surface area contributed by atoms with Crippen molar-refractivity contribution in [3.63, 3.8) is 0 Å². The van der Waals surface area contributed by atoms with Crippen molar-refractivity contribution in [2.45, 2.75) is 6.42 Å². The molecule has 2 heteroatoms. The van der Waals surface area contributed by atoms with Gasteiger partial charge in [0, 0.05) is 18.1 Å². The van der Waals surface area contributed by atoms with E-state index in [0.717, 1.165) is 17.7 Å². The molecule has 2 nitrogen and oxygen atoms in total. The minimum absolute atomic E-state index is 0.796. The van der Waals surface area contributed by atoms with Crippen molar-refractivity contribution < 1.29 is 0 Å². The van der Waals surface area contributed by atoms with Crippen LogP contribution in [0.5, 0.6) is 0 Å². The van der Waals surface area contributed by atoms with E-state index >= 15 is 0 Å². The number of aromatic nitrogens is 1. The normalized spacial score (nSPS) is 10.0. The van der Waals surface area contributed by atoms with Crippen molar-refractivity contribution in [2.75, 3.05) is 5.73 Å². The first kappa shape index (κ1) is 8.75. The molecule has 0 aliphatic carbocycles. The van der Waals surface area contributed by atoms with E-state index < -0.39 is 0 Å².